The second-order valence-electron chi connectivity index (χ2n) is 14.3. The fraction of sp³-hybridized carbons (Fsp3) is 0.450. The molecular formula is C40H52N8O8. The third-order valence-electron chi connectivity index (χ3n) is 10.4. The lowest BCUT2D eigenvalue weighted by molar-refractivity contribution is -0.141. The fourth-order valence-electron chi connectivity index (χ4n) is 6.89. The number of hydrogen-bond acceptors (Lipinski definition) is 9. The van der Waals surface area contributed by atoms with E-state index in [4.69, 9.17) is 24.2 Å². The molecule has 2 aromatic carbocycles. The second-order valence-corrected chi connectivity index (χ2v) is 14.3. The highest BCUT2D eigenvalue weighted by Crippen LogP contribution is 2.34. The number of ether oxygens (including phenoxy) is 3. The molecule has 1 saturated heterocycles. The van der Waals surface area contributed by atoms with Crippen molar-refractivity contribution in [2.45, 2.75) is 76.9 Å². The zero-order valence-corrected chi connectivity index (χ0v) is 33.0. The number of aromatic amines is 2. The molecule has 16 nitrogen and oxygen atoms in total. The lowest BCUT2D eigenvalue weighted by atomic mass is 10.0. The van der Waals surface area contributed by atoms with Crippen LogP contribution < -0.4 is 10.6 Å². The van der Waals surface area contributed by atoms with Gasteiger partial charge in [-0.3, -0.25) is 14.5 Å². The van der Waals surface area contributed by atoms with Crippen LogP contribution in [0.15, 0.2) is 60.9 Å². The number of rotatable bonds is 15. The van der Waals surface area contributed by atoms with E-state index in [-0.39, 0.29) is 17.9 Å². The molecule has 0 spiro atoms. The molecular weight excluding hydrogens is 720 g/mol. The van der Waals surface area contributed by atoms with Gasteiger partial charge in [0, 0.05) is 51.3 Å². The van der Waals surface area contributed by atoms with Crippen molar-refractivity contribution in [3.05, 3.63) is 72.6 Å². The molecule has 0 radical (unpaired) electrons. The van der Waals surface area contributed by atoms with Crippen LogP contribution in [-0.2, 0) is 23.8 Å². The molecule has 0 aliphatic carbocycles. The number of nitrogens with one attached hydrogen (secondary N) is 4. The van der Waals surface area contributed by atoms with Crippen molar-refractivity contribution in [1.29, 1.82) is 0 Å². The van der Waals surface area contributed by atoms with Gasteiger partial charge in [-0.15, -0.1) is 0 Å². The second kappa shape index (κ2) is 18.3. The molecule has 4 amide bonds. The normalized spacial score (nSPS) is 16.8. The van der Waals surface area contributed by atoms with E-state index in [9.17, 15) is 24.3 Å². The number of benzene rings is 2. The summed E-state index contributed by atoms with van der Waals surface area (Å²) in [7, 11) is 5.54. The van der Waals surface area contributed by atoms with Gasteiger partial charge in [0.15, 0.2) is 0 Å². The summed E-state index contributed by atoms with van der Waals surface area (Å²) in [6.45, 7) is 7.81. The maximum atomic E-state index is 13.7. The van der Waals surface area contributed by atoms with Gasteiger partial charge in [-0.25, -0.2) is 19.6 Å². The topological polar surface area (TPSA) is 204 Å². The number of amides is 4. The number of hydrogen-bond donors (Lipinski definition) is 5. The Balaban J connectivity index is 1.26. The Labute approximate surface area is 326 Å². The predicted octanol–water partition coefficient (Wildman–Crippen LogP) is 5.38. The number of carbonyl (C=O) groups excluding carboxylic acids is 3. The van der Waals surface area contributed by atoms with E-state index in [1.54, 1.807) is 24.9 Å². The number of alkyl carbamates (subject to hydrolysis) is 1. The minimum Gasteiger partial charge on any atom is -0.465 e. The molecule has 1 fully saturated rings. The standard InChI is InChI=1S/C40H52N8O8/c1-22(2)32(45-37(49)33(23(3)54-6)46-39(51)56-8)36-42-21-30(44-36)28-17-13-26(14-18-28)25-11-15-27(16-12-25)29-20-41-35(43-29)31-10-9-19-48(31)38(50)34(24(4)55-7)47(5)40(52)53/h11-18,20-24,31-34H,9-10,19H2,1-8H3,(H,41,43)(H,42,44)(H,45,49)(H,46,51)(H,52,53)/t23?,24-,31+,32-,33+,34+/m1/s1. The van der Waals surface area contributed by atoms with Gasteiger partial charge in [-0.1, -0.05) is 62.4 Å². The number of likely N-dealkylation sites (N-methyl/N-ethyl adjacent to an activating group) is 1. The molecule has 1 aliphatic heterocycles. The van der Waals surface area contributed by atoms with Crippen LogP contribution in [0.4, 0.5) is 9.59 Å². The molecule has 1 unspecified atom stereocenters. The zero-order chi connectivity index (χ0) is 40.7. The summed E-state index contributed by atoms with van der Waals surface area (Å²) in [5.41, 5.74) is 5.26. The van der Waals surface area contributed by atoms with E-state index in [0.29, 0.717) is 30.3 Å². The summed E-state index contributed by atoms with van der Waals surface area (Å²) in [4.78, 5) is 69.4. The Morgan fingerprint density at radius 3 is 1.91 bits per heavy atom. The SMILES string of the molecule is COC(=O)N[C@H](C(=O)N[C@@H](c1nc(-c2ccc(-c3ccc(-c4c[nH]c([C@@H]5CCCN5C(=O)[C@H]([C@@H](C)OC)N(C)C(=O)O)n4)cc3)cc2)c[nH]1)C(C)C)C(C)OC. The van der Waals surface area contributed by atoms with Crippen LogP contribution in [0.3, 0.4) is 0 Å². The number of nitrogens with zero attached hydrogens (tertiary/aromatic N) is 4. The molecule has 5 rings (SSSR count). The van der Waals surface area contributed by atoms with Crippen LogP contribution in [0.25, 0.3) is 33.6 Å². The highest BCUT2D eigenvalue weighted by atomic mass is 16.5. The average Bonchev–Trinajstić information content (AvgIpc) is 4.00. The molecule has 2 aromatic heterocycles. The van der Waals surface area contributed by atoms with Crippen LogP contribution >= 0.6 is 0 Å². The maximum Gasteiger partial charge on any atom is 0.407 e. The quantitative estimate of drug-likeness (QED) is 0.104. The predicted molar refractivity (Wildman–Crippen MR) is 208 cm³/mol. The zero-order valence-electron chi connectivity index (χ0n) is 33.0. The Bertz CT molecular complexity index is 1960. The molecule has 6 atom stereocenters. The van der Waals surface area contributed by atoms with Crippen LogP contribution in [0.1, 0.15) is 64.3 Å². The summed E-state index contributed by atoms with van der Waals surface area (Å²) in [6.07, 6.45) is 1.94. The monoisotopic (exact) mass is 772 g/mol. The van der Waals surface area contributed by atoms with Crippen molar-refractivity contribution >= 4 is 24.0 Å². The first kappa shape index (κ1) is 41.4. The average molecular weight is 773 g/mol. The first-order valence-electron chi connectivity index (χ1n) is 18.6. The van der Waals surface area contributed by atoms with Crippen molar-refractivity contribution in [3.8, 4) is 33.6 Å². The Morgan fingerprint density at radius 2 is 1.38 bits per heavy atom. The number of aromatic nitrogens is 4. The van der Waals surface area contributed by atoms with Gasteiger partial charge in [-0.2, -0.15) is 0 Å². The largest absolute Gasteiger partial charge is 0.465 e. The molecule has 4 aromatic rings. The van der Waals surface area contributed by atoms with Gasteiger partial charge in [-0.05, 0) is 43.7 Å². The number of carbonyl (C=O) groups is 4. The molecule has 0 bridgehead atoms. The van der Waals surface area contributed by atoms with Gasteiger partial charge in [0.1, 0.15) is 23.7 Å². The molecule has 0 saturated carbocycles. The summed E-state index contributed by atoms with van der Waals surface area (Å²) < 4.78 is 15.4. The number of methoxy groups -OCH3 is 3. The Hall–Kier alpha value is -5.74. The Morgan fingerprint density at radius 1 is 0.821 bits per heavy atom. The highest BCUT2D eigenvalue weighted by Gasteiger charge is 2.41. The van der Waals surface area contributed by atoms with E-state index in [2.05, 4.69) is 20.6 Å². The van der Waals surface area contributed by atoms with Gasteiger partial charge < -0.3 is 44.8 Å². The number of carboxylic acid groups (broad SMARTS) is 1. The highest BCUT2D eigenvalue weighted by molar-refractivity contribution is 5.87. The van der Waals surface area contributed by atoms with Crippen LogP contribution in [-0.4, -0.2) is 118 Å². The molecule has 3 heterocycles. The van der Waals surface area contributed by atoms with E-state index < -0.39 is 48.4 Å². The third-order valence-corrected chi connectivity index (χ3v) is 10.4. The van der Waals surface area contributed by atoms with Crippen molar-refractivity contribution < 1.29 is 38.5 Å². The third kappa shape index (κ3) is 9.20. The van der Waals surface area contributed by atoms with E-state index in [1.165, 1.54) is 28.4 Å². The lowest BCUT2D eigenvalue weighted by Crippen LogP contribution is -2.54. The van der Waals surface area contributed by atoms with Crippen LogP contribution in [0.5, 0.6) is 0 Å². The smallest absolute Gasteiger partial charge is 0.407 e. The van der Waals surface area contributed by atoms with Gasteiger partial charge in [0.25, 0.3) is 0 Å². The lowest BCUT2D eigenvalue weighted by Gasteiger charge is -2.34. The Kier molecular flexibility index (Phi) is 13.5. The fourth-order valence-corrected chi connectivity index (χ4v) is 6.89. The van der Waals surface area contributed by atoms with Crippen molar-refractivity contribution in [2.75, 3.05) is 34.9 Å². The van der Waals surface area contributed by atoms with Crippen molar-refractivity contribution in [3.63, 3.8) is 0 Å². The summed E-state index contributed by atoms with van der Waals surface area (Å²) in [6, 6.07) is 13.3. The molecule has 1 aliphatic rings. The maximum absolute atomic E-state index is 13.7. The molecule has 56 heavy (non-hydrogen) atoms. The van der Waals surface area contributed by atoms with Crippen LogP contribution in [0.2, 0.25) is 0 Å². The van der Waals surface area contributed by atoms with Gasteiger partial charge in [0.2, 0.25) is 11.8 Å². The van der Waals surface area contributed by atoms with E-state index >= 15 is 0 Å². The minimum absolute atomic E-state index is 0.0231. The molecule has 300 valence electrons. The minimum atomic E-state index is -1.20. The van der Waals surface area contributed by atoms with Gasteiger partial charge in [0.05, 0.1) is 42.8 Å². The van der Waals surface area contributed by atoms with Gasteiger partial charge >= 0.3 is 12.2 Å². The summed E-state index contributed by atoms with van der Waals surface area (Å²) in [5, 5.41) is 15.2. The first-order valence-corrected chi connectivity index (χ1v) is 18.6. The van der Waals surface area contributed by atoms with Crippen molar-refractivity contribution in [1.82, 2.24) is 40.4 Å². The summed E-state index contributed by atoms with van der Waals surface area (Å²) >= 11 is 0. The first-order chi connectivity index (χ1) is 26.8. The summed E-state index contributed by atoms with van der Waals surface area (Å²) in [5.74, 6) is 0.468. The number of likely N-dealkylation sites (tertiary alicyclic amines) is 1. The molecule has 5 N–H and O–H groups in total. The number of H-pyrrole nitrogens is 2. The van der Waals surface area contributed by atoms with Crippen LogP contribution in [0, 0.1) is 5.92 Å². The number of imidazole rings is 2. The van der Waals surface area contributed by atoms with Crippen molar-refractivity contribution in [2.24, 2.45) is 5.92 Å². The van der Waals surface area contributed by atoms with E-state index in [0.717, 1.165) is 39.3 Å². The molecule has 16 heteroatoms. The van der Waals surface area contributed by atoms with E-state index in [1.807, 2.05) is 68.6 Å².